The molecule has 1 aliphatic heterocycles. The lowest BCUT2D eigenvalue weighted by Gasteiger charge is -2.26. The van der Waals surface area contributed by atoms with Crippen molar-refractivity contribution in [1.82, 2.24) is 5.32 Å². The molecule has 0 bridgehead atoms. The normalized spacial score (nSPS) is 17.6. The van der Waals surface area contributed by atoms with E-state index in [9.17, 15) is 0 Å². The quantitative estimate of drug-likeness (QED) is 0.650. The highest BCUT2D eigenvalue weighted by atomic mass is 16.5. The van der Waals surface area contributed by atoms with Gasteiger partial charge >= 0.3 is 0 Å². The molecule has 0 saturated carbocycles. The summed E-state index contributed by atoms with van der Waals surface area (Å²) in [7, 11) is 0. The Morgan fingerprint density at radius 3 is 2.65 bits per heavy atom. The molecule has 0 fully saturated rings. The number of unbranched alkanes of at least 4 members (excludes halogenated alkanes) is 6. The van der Waals surface area contributed by atoms with E-state index in [0.29, 0.717) is 6.04 Å². The summed E-state index contributed by atoms with van der Waals surface area (Å²) in [6, 6.07) is 8.92. The molecule has 1 atom stereocenters. The summed E-state index contributed by atoms with van der Waals surface area (Å²) in [4.78, 5) is 0. The molecule has 2 nitrogen and oxygen atoms in total. The summed E-state index contributed by atoms with van der Waals surface area (Å²) in [5.41, 5.74) is 1.33. The van der Waals surface area contributed by atoms with Crippen LogP contribution in [-0.4, -0.2) is 13.2 Å². The van der Waals surface area contributed by atoms with Crippen molar-refractivity contribution >= 4 is 0 Å². The second kappa shape index (κ2) is 9.02. The predicted molar refractivity (Wildman–Crippen MR) is 85.3 cm³/mol. The summed E-state index contributed by atoms with van der Waals surface area (Å²) in [6.07, 6.45) is 10.7. The van der Waals surface area contributed by atoms with Gasteiger partial charge in [-0.15, -0.1) is 0 Å². The summed E-state index contributed by atoms with van der Waals surface area (Å²) < 4.78 is 5.70. The van der Waals surface area contributed by atoms with Gasteiger partial charge in [0.05, 0.1) is 6.61 Å². The zero-order valence-electron chi connectivity index (χ0n) is 12.9. The van der Waals surface area contributed by atoms with Crippen LogP contribution in [0.3, 0.4) is 0 Å². The molecule has 0 aliphatic carbocycles. The maximum atomic E-state index is 5.70. The minimum atomic E-state index is 0.486. The molecule has 2 heteroatoms. The molecule has 1 aromatic rings. The van der Waals surface area contributed by atoms with Crippen molar-refractivity contribution in [3.8, 4) is 5.75 Å². The van der Waals surface area contributed by atoms with Crippen LogP contribution >= 0.6 is 0 Å². The number of para-hydroxylation sites is 1. The zero-order valence-corrected chi connectivity index (χ0v) is 12.9. The van der Waals surface area contributed by atoms with Crippen LogP contribution in [0.15, 0.2) is 24.3 Å². The number of fused-ring (bicyclic) bond motifs is 1. The third-order valence-corrected chi connectivity index (χ3v) is 4.13. The van der Waals surface area contributed by atoms with Crippen molar-refractivity contribution < 1.29 is 4.74 Å². The van der Waals surface area contributed by atoms with Gasteiger partial charge in [-0.25, -0.2) is 0 Å². The van der Waals surface area contributed by atoms with Crippen LogP contribution < -0.4 is 10.1 Å². The summed E-state index contributed by atoms with van der Waals surface area (Å²) in [6.45, 7) is 4.24. The van der Waals surface area contributed by atoms with Crippen LogP contribution in [-0.2, 0) is 0 Å². The fourth-order valence-electron chi connectivity index (χ4n) is 2.91. The Morgan fingerprint density at radius 1 is 1.05 bits per heavy atom. The van der Waals surface area contributed by atoms with Crippen LogP contribution in [0.5, 0.6) is 5.75 Å². The lowest BCUT2D eigenvalue weighted by Crippen LogP contribution is -2.27. The van der Waals surface area contributed by atoms with E-state index in [4.69, 9.17) is 4.74 Å². The van der Waals surface area contributed by atoms with E-state index < -0.39 is 0 Å². The van der Waals surface area contributed by atoms with Gasteiger partial charge in [0.25, 0.3) is 0 Å². The van der Waals surface area contributed by atoms with Gasteiger partial charge in [-0.3, -0.25) is 0 Å². The van der Waals surface area contributed by atoms with Gasteiger partial charge in [-0.1, -0.05) is 63.6 Å². The van der Waals surface area contributed by atoms with Crippen LogP contribution in [0.4, 0.5) is 0 Å². The maximum Gasteiger partial charge on any atom is 0.124 e. The second-order valence-electron chi connectivity index (χ2n) is 5.80. The number of hydrogen-bond acceptors (Lipinski definition) is 2. The molecule has 0 radical (unpaired) electrons. The van der Waals surface area contributed by atoms with Crippen LogP contribution in [0.2, 0.25) is 0 Å². The highest BCUT2D eigenvalue weighted by molar-refractivity contribution is 5.37. The topological polar surface area (TPSA) is 21.3 Å². The van der Waals surface area contributed by atoms with Gasteiger partial charge < -0.3 is 10.1 Å². The van der Waals surface area contributed by atoms with E-state index in [-0.39, 0.29) is 0 Å². The predicted octanol–water partition coefficient (Wildman–Crippen LogP) is 4.85. The Balaban J connectivity index is 1.61. The Hall–Kier alpha value is -1.02. The van der Waals surface area contributed by atoms with Gasteiger partial charge in [0.2, 0.25) is 0 Å². The molecule has 0 saturated heterocycles. The first-order valence-corrected chi connectivity index (χ1v) is 8.37. The van der Waals surface area contributed by atoms with Crippen molar-refractivity contribution in [2.45, 2.75) is 64.3 Å². The zero-order chi connectivity index (χ0) is 14.0. The first-order valence-electron chi connectivity index (χ1n) is 8.37. The first kappa shape index (κ1) is 15.4. The molecule has 1 aliphatic rings. The molecule has 0 aromatic heterocycles. The molecule has 2 rings (SSSR count). The largest absolute Gasteiger partial charge is 0.493 e. The molecule has 1 N–H and O–H groups in total. The lowest BCUT2D eigenvalue weighted by atomic mass is 10.0. The van der Waals surface area contributed by atoms with Gasteiger partial charge in [0.15, 0.2) is 0 Å². The van der Waals surface area contributed by atoms with E-state index >= 15 is 0 Å². The highest BCUT2D eigenvalue weighted by Gasteiger charge is 2.19. The third-order valence-electron chi connectivity index (χ3n) is 4.13. The van der Waals surface area contributed by atoms with E-state index in [1.807, 2.05) is 0 Å². The van der Waals surface area contributed by atoms with Gasteiger partial charge in [-0.05, 0) is 19.0 Å². The van der Waals surface area contributed by atoms with E-state index in [2.05, 4.69) is 36.5 Å². The SMILES string of the molecule is CCCCCCCCCNC1CCOc2ccccc21. The smallest absolute Gasteiger partial charge is 0.124 e. The van der Waals surface area contributed by atoms with Crippen LogP contribution in [0, 0.1) is 0 Å². The van der Waals surface area contributed by atoms with Crippen LogP contribution in [0.1, 0.15) is 69.9 Å². The Bertz CT molecular complexity index is 377. The average molecular weight is 275 g/mol. The van der Waals surface area contributed by atoms with Crippen LogP contribution in [0.25, 0.3) is 0 Å². The summed E-state index contributed by atoms with van der Waals surface area (Å²) >= 11 is 0. The first-order chi connectivity index (χ1) is 9.92. The standard InChI is InChI=1S/C18H29NO/c1-2-3-4-5-6-7-10-14-19-17-13-15-20-18-12-9-8-11-16(17)18/h8-9,11-12,17,19H,2-7,10,13-15H2,1H3. The van der Waals surface area contributed by atoms with Gasteiger partial charge in [0.1, 0.15) is 5.75 Å². The van der Waals surface area contributed by atoms with Crippen molar-refractivity contribution in [2.24, 2.45) is 0 Å². The average Bonchev–Trinajstić information content (AvgIpc) is 2.50. The molecule has 20 heavy (non-hydrogen) atoms. The second-order valence-corrected chi connectivity index (χ2v) is 5.80. The fourth-order valence-corrected chi connectivity index (χ4v) is 2.91. The molecule has 1 unspecified atom stereocenters. The minimum absolute atomic E-state index is 0.486. The van der Waals surface area contributed by atoms with E-state index in [1.165, 1.54) is 50.5 Å². The molecule has 112 valence electrons. The molecular weight excluding hydrogens is 246 g/mol. The lowest BCUT2D eigenvalue weighted by molar-refractivity contribution is 0.252. The molecular formula is C18H29NO. The molecule has 0 spiro atoms. The Labute approximate surface area is 123 Å². The number of rotatable bonds is 9. The summed E-state index contributed by atoms with van der Waals surface area (Å²) in [5.74, 6) is 1.07. The van der Waals surface area contributed by atoms with Crippen molar-refractivity contribution in [1.29, 1.82) is 0 Å². The minimum Gasteiger partial charge on any atom is -0.493 e. The molecule has 1 aromatic carbocycles. The van der Waals surface area contributed by atoms with Gasteiger partial charge in [0, 0.05) is 18.0 Å². The Kier molecular flexibility index (Phi) is 6.93. The van der Waals surface area contributed by atoms with Crippen molar-refractivity contribution in [3.05, 3.63) is 29.8 Å². The van der Waals surface area contributed by atoms with Crippen molar-refractivity contribution in [2.75, 3.05) is 13.2 Å². The third kappa shape index (κ3) is 4.82. The maximum absolute atomic E-state index is 5.70. The fraction of sp³-hybridized carbons (Fsp3) is 0.667. The van der Waals surface area contributed by atoms with E-state index in [0.717, 1.165) is 25.3 Å². The van der Waals surface area contributed by atoms with E-state index in [1.54, 1.807) is 0 Å². The van der Waals surface area contributed by atoms with Crippen molar-refractivity contribution in [3.63, 3.8) is 0 Å². The number of hydrogen-bond donors (Lipinski definition) is 1. The molecule has 0 amide bonds. The molecule has 1 heterocycles. The highest BCUT2D eigenvalue weighted by Crippen LogP contribution is 2.31. The number of nitrogens with one attached hydrogen (secondary N) is 1. The summed E-state index contributed by atoms with van der Waals surface area (Å²) in [5, 5.41) is 3.70. The number of benzene rings is 1. The van der Waals surface area contributed by atoms with Gasteiger partial charge in [-0.2, -0.15) is 0 Å². The Morgan fingerprint density at radius 2 is 1.80 bits per heavy atom. The monoisotopic (exact) mass is 275 g/mol. The number of ether oxygens (including phenoxy) is 1.